The van der Waals surface area contributed by atoms with Crippen LogP contribution >= 0.6 is 11.6 Å². The maximum Gasteiger partial charge on any atom is 0.273 e. The number of carbonyl (C=O) groups excluding carboxylic acids is 2. The van der Waals surface area contributed by atoms with Gasteiger partial charge in [-0.1, -0.05) is 23.7 Å². The molecule has 10 heteroatoms. The Hall–Kier alpha value is -4.24. The Morgan fingerprint density at radius 2 is 1.72 bits per heavy atom. The quantitative estimate of drug-likeness (QED) is 0.439. The van der Waals surface area contributed by atoms with Gasteiger partial charge in [0, 0.05) is 16.8 Å². The van der Waals surface area contributed by atoms with Crippen LogP contribution in [0.15, 0.2) is 79.5 Å². The highest BCUT2D eigenvalue weighted by Crippen LogP contribution is 2.17. The lowest BCUT2D eigenvalue weighted by Crippen LogP contribution is -2.42. The van der Waals surface area contributed by atoms with E-state index in [0.717, 1.165) is 5.56 Å². The summed E-state index contributed by atoms with van der Waals surface area (Å²) in [5, 5.41) is 4.62. The van der Waals surface area contributed by atoms with E-state index in [4.69, 9.17) is 16.3 Å². The molecule has 9 nitrogen and oxygen atoms in total. The molecule has 2 aromatic heterocycles. The third kappa shape index (κ3) is 5.08. The molecular formula is C22H17ClN6O3. The van der Waals surface area contributed by atoms with Gasteiger partial charge < -0.3 is 4.74 Å². The maximum absolute atomic E-state index is 12.5. The second-order valence-corrected chi connectivity index (χ2v) is 7.00. The molecule has 0 aliphatic carbocycles. The number of aromatic nitrogens is 4. The zero-order chi connectivity index (χ0) is 22.3. The van der Waals surface area contributed by atoms with Crippen molar-refractivity contribution in [2.45, 2.75) is 6.61 Å². The molecule has 4 rings (SSSR count). The predicted molar refractivity (Wildman–Crippen MR) is 116 cm³/mol. The summed E-state index contributed by atoms with van der Waals surface area (Å²) >= 11 is 5.86. The van der Waals surface area contributed by atoms with Crippen LogP contribution in [0.2, 0.25) is 5.02 Å². The number of halogens is 1. The number of rotatable bonds is 6. The van der Waals surface area contributed by atoms with E-state index in [9.17, 15) is 9.59 Å². The molecule has 2 amide bonds. The van der Waals surface area contributed by atoms with Gasteiger partial charge in [-0.15, -0.1) is 0 Å². The molecule has 0 radical (unpaired) electrons. The van der Waals surface area contributed by atoms with Crippen molar-refractivity contribution >= 4 is 23.4 Å². The largest absolute Gasteiger partial charge is 0.489 e. The van der Waals surface area contributed by atoms with Crippen molar-refractivity contribution in [1.82, 2.24) is 30.6 Å². The van der Waals surface area contributed by atoms with Gasteiger partial charge in [0.15, 0.2) is 5.82 Å². The first-order valence-corrected chi connectivity index (χ1v) is 9.86. The maximum atomic E-state index is 12.5. The second kappa shape index (κ2) is 9.71. The van der Waals surface area contributed by atoms with Gasteiger partial charge >= 0.3 is 0 Å². The summed E-state index contributed by atoms with van der Waals surface area (Å²) in [6.07, 6.45) is 4.29. The highest BCUT2D eigenvalue weighted by molar-refractivity contribution is 6.30. The third-order valence-electron chi connectivity index (χ3n) is 4.39. The number of hydrazine groups is 1. The SMILES string of the molecule is O=C(NNC(=O)c1cccnc1-n1cncn1)c1ccc(COc2ccc(Cl)cc2)cc1. The fourth-order valence-electron chi connectivity index (χ4n) is 2.78. The number of pyridine rings is 1. The van der Waals surface area contributed by atoms with E-state index >= 15 is 0 Å². The average molecular weight is 449 g/mol. The van der Waals surface area contributed by atoms with Crippen molar-refractivity contribution in [1.29, 1.82) is 0 Å². The third-order valence-corrected chi connectivity index (χ3v) is 4.64. The fraction of sp³-hybridized carbons (Fsp3) is 0.0455. The molecule has 160 valence electrons. The molecule has 2 N–H and O–H groups in total. The van der Waals surface area contributed by atoms with E-state index in [-0.39, 0.29) is 5.56 Å². The minimum atomic E-state index is -0.537. The molecule has 0 saturated heterocycles. The molecule has 2 aromatic carbocycles. The van der Waals surface area contributed by atoms with E-state index in [1.807, 2.05) is 0 Å². The molecule has 0 atom stereocenters. The Labute approximate surface area is 188 Å². The van der Waals surface area contributed by atoms with E-state index < -0.39 is 11.8 Å². The first-order valence-electron chi connectivity index (χ1n) is 9.48. The number of nitrogens with zero attached hydrogens (tertiary/aromatic N) is 4. The predicted octanol–water partition coefficient (Wildman–Crippen LogP) is 2.97. The Balaban J connectivity index is 1.33. The van der Waals surface area contributed by atoms with E-state index in [2.05, 4.69) is 25.9 Å². The summed E-state index contributed by atoms with van der Waals surface area (Å²) in [5.74, 6) is -0.0129. The highest BCUT2D eigenvalue weighted by atomic mass is 35.5. The Morgan fingerprint density at radius 3 is 2.44 bits per heavy atom. The number of ether oxygens (including phenoxy) is 1. The molecule has 4 aromatic rings. The summed E-state index contributed by atoms with van der Waals surface area (Å²) in [4.78, 5) is 32.9. The van der Waals surface area contributed by atoms with Crippen LogP contribution in [0, 0.1) is 0 Å². The van der Waals surface area contributed by atoms with Gasteiger partial charge in [0.25, 0.3) is 11.8 Å². The molecule has 0 fully saturated rings. The number of amides is 2. The van der Waals surface area contributed by atoms with Crippen molar-refractivity contribution in [3.05, 3.63) is 101 Å². The van der Waals surface area contributed by atoms with E-state index in [0.29, 0.717) is 28.8 Å². The summed E-state index contributed by atoms with van der Waals surface area (Å²) in [6, 6.07) is 17.1. The average Bonchev–Trinajstić information content (AvgIpc) is 3.37. The molecular weight excluding hydrogens is 432 g/mol. The molecule has 0 unspecified atom stereocenters. The smallest absolute Gasteiger partial charge is 0.273 e. The van der Waals surface area contributed by atoms with Crippen LogP contribution in [0.25, 0.3) is 5.82 Å². The van der Waals surface area contributed by atoms with Crippen molar-refractivity contribution in [2.75, 3.05) is 0 Å². The van der Waals surface area contributed by atoms with E-state index in [1.54, 1.807) is 60.7 Å². The molecule has 0 aliphatic rings. The van der Waals surface area contributed by atoms with Gasteiger partial charge in [-0.2, -0.15) is 5.10 Å². The molecule has 0 bridgehead atoms. The number of hydrogen-bond donors (Lipinski definition) is 2. The lowest BCUT2D eigenvalue weighted by Gasteiger charge is -2.10. The van der Waals surface area contributed by atoms with Crippen molar-refractivity contribution in [3.8, 4) is 11.6 Å². The fourth-order valence-corrected chi connectivity index (χ4v) is 2.90. The lowest BCUT2D eigenvalue weighted by molar-refractivity contribution is 0.0846. The topological polar surface area (TPSA) is 111 Å². The van der Waals surface area contributed by atoms with Gasteiger partial charge in [-0.05, 0) is 54.1 Å². The molecule has 0 spiro atoms. The standard InChI is InChI=1S/C22H17ClN6O3/c23-17-7-9-18(10-8-17)32-12-15-3-5-16(6-4-15)21(30)27-28-22(31)19-2-1-11-25-20(19)29-14-24-13-26-29/h1-11,13-14H,12H2,(H,27,30)(H,28,31). The van der Waals surface area contributed by atoms with Gasteiger partial charge in [0.1, 0.15) is 25.0 Å². The van der Waals surface area contributed by atoms with Crippen molar-refractivity contribution in [3.63, 3.8) is 0 Å². The Morgan fingerprint density at radius 1 is 0.969 bits per heavy atom. The zero-order valence-electron chi connectivity index (χ0n) is 16.6. The second-order valence-electron chi connectivity index (χ2n) is 6.56. The van der Waals surface area contributed by atoms with E-state index in [1.165, 1.54) is 23.5 Å². The summed E-state index contributed by atoms with van der Waals surface area (Å²) < 4.78 is 7.05. The summed E-state index contributed by atoms with van der Waals surface area (Å²) in [7, 11) is 0. The molecule has 0 aliphatic heterocycles. The monoisotopic (exact) mass is 448 g/mol. The first kappa shape index (κ1) is 21.0. The van der Waals surface area contributed by atoms with Crippen molar-refractivity contribution in [2.24, 2.45) is 0 Å². The van der Waals surface area contributed by atoms with Crippen LogP contribution in [0.4, 0.5) is 0 Å². The summed E-state index contributed by atoms with van der Waals surface area (Å²) in [5.41, 5.74) is 6.28. The minimum absolute atomic E-state index is 0.230. The zero-order valence-corrected chi connectivity index (χ0v) is 17.4. The van der Waals surface area contributed by atoms with Crippen molar-refractivity contribution < 1.29 is 14.3 Å². The highest BCUT2D eigenvalue weighted by Gasteiger charge is 2.15. The van der Waals surface area contributed by atoms with Crippen LogP contribution in [-0.2, 0) is 6.61 Å². The van der Waals surface area contributed by atoms with Crippen LogP contribution in [0.3, 0.4) is 0 Å². The first-order chi connectivity index (χ1) is 15.6. The Bertz CT molecular complexity index is 1210. The summed E-state index contributed by atoms with van der Waals surface area (Å²) in [6.45, 7) is 0.340. The van der Waals surface area contributed by atoms with Crippen LogP contribution in [0.5, 0.6) is 5.75 Å². The van der Waals surface area contributed by atoms with Crippen LogP contribution < -0.4 is 15.6 Å². The number of carbonyl (C=O) groups is 2. The van der Waals surface area contributed by atoms with Crippen LogP contribution in [-0.4, -0.2) is 31.6 Å². The Kier molecular flexibility index (Phi) is 6.38. The minimum Gasteiger partial charge on any atom is -0.489 e. The van der Waals surface area contributed by atoms with Crippen LogP contribution in [0.1, 0.15) is 26.3 Å². The number of hydrogen-bond acceptors (Lipinski definition) is 6. The molecule has 2 heterocycles. The lowest BCUT2D eigenvalue weighted by atomic mass is 10.1. The van der Waals surface area contributed by atoms with Gasteiger partial charge in [-0.25, -0.2) is 14.6 Å². The normalized spacial score (nSPS) is 10.4. The number of benzene rings is 2. The van der Waals surface area contributed by atoms with Gasteiger partial charge in [-0.3, -0.25) is 20.4 Å². The molecule has 0 saturated carbocycles. The van der Waals surface area contributed by atoms with Gasteiger partial charge in [0.05, 0.1) is 5.56 Å². The molecule has 32 heavy (non-hydrogen) atoms. The number of nitrogens with one attached hydrogen (secondary N) is 2. The van der Waals surface area contributed by atoms with Gasteiger partial charge in [0.2, 0.25) is 0 Å².